The fraction of sp³-hybridized carbons (Fsp3) is 0.467. The number of amides is 2. The molecule has 0 spiro atoms. The largest absolute Gasteiger partial charge is 0.353 e. The minimum atomic E-state index is -0.257. The zero-order valence-corrected chi connectivity index (χ0v) is 13.9. The molecular formula is C15H20BrN3O2. The highest BCUT2D eigenvalue weighted by Crippen LogP contribution is 2.26. The van der Waals surface area contributed by atoms with Crippen molar-refractivity contribution in [3.8, 4) is 0 Å². The van der Waals surface area contributed by atoms with Crippen molar-refractivity contribution in [1.29, 1.82) is 0 Å². The number of nitrogens with one attached hydrogen (secondary N) is 2. The molecule has 0 aliphatic carbocycles. The number of benzene rings is 1. The smallest absolute Gasteiger partial charge is 0.246 e. The molecule has 0 bridgehead atoms. The van der Waals surface area contributed by atoms with Gasteiger partial charge in [0.05, 0.1) is 13.1 Å². The summed E-state index contributed by atoms with van der Waals surface area (Å²) < 4.78 is 0.934. The van der Waals surface area contributed by atoms with Crippen LogP contribution in [0, 0.1) is 5.92 Å². The van der Waals surface area contributed by atoms with Crippen molar-refractivity contribution < 1.29 is 9.59 Å². The first-order valence-electron chi connectivity index (χ1n) is 7.02. The van der Waals surface area contributed by atoms with E-state index in [1.807, 2.05) is 23.1 Å². The van der Waals surface area contributed by atoms with Crippen LogP contribution in [-0.2, 0) is 16.1 Å². The summed E-state index contributed by atoms with van der Waals surface area (Å²) in [6.45, 7) is 6.37. The van der Waals surface area contributed by atoms with Crippen LogP contribution in [0.25, 0.3) is 0 Å². The summed E-state index contributed by atoms with van der Waals surface area (Å²) in [6.07, 6.45) is 0. The summed E-state index contributed by atoms with van der Waals surface area (Å²) in [7, 11) is 0. The number of nitrogens with zero attached hydrogens (tertiary/aromatic N) is 1. The Morgan fingerprint density at radius 2 is 1.95 bits per heavy atom. The Labute approximate surface area is 133 Å². The number of imide groups is 1. The normalized spacial score (nSPS) is 15.5. The van der Waals surface area contributed by atoms with Crippen LogP contribution in [0.3, 0.4) is 0 Å². The Bertz CT molecular complexity index is 530. The molecule has 0 radical (unpaired) electrons. The Morgan fingerprint density at radius 3 is 2.57 bits per heavy atom. The van der Waals surface area contributed by atoms with Crippen LogP contribution in [-0.4, -0.2) is 31.4 Å². The van der Waals surface area contributed by atoms with Gasteiger partial charge in [0.1, 0.15) is 0 Å². The molecule has 2 rings (SSSR count). The monoisotopic (exact) mass is 353 g/mol. The van der Waals surface area contributed by atoms with Crippen LogP contribution in [0.5, 0.6) is 0 Å². The Morgan fingerprint density at radius 1 is 1.29 bits per heavy atom. The zero-order valence-electron chi connectivity index (χ0n) is 12.3. The summed E-state index contributed by atoms with van der Waals surface area (Å²) >= 11 is 3.45. The zero-order chi connectivity index (χ0) is 15.4. The highest BCUT2D eigenvalue weighted by atomic mass is 79.9. The van der Waals surface area contributed by atoms with Crippen LogP contribution >= 0.6 is 15.9 Å². The predicted molar refractivity (Wildman–Crippen MR) is 86.0 cm³/mol. The molecule has 0 saturated carbocycles. The third kappa shape index (κ3) is 4.54. The lowest BCUT2D eigenvalue weighted by Crippen LogP contribution is -2.51. The molecule has 1 aromatic rings. The van der Waals surface area contributed by atoms with E-state index in [2.05, 4.69) is 40.4 Å². The van der Waals surface area contributed by atoms with Crippen LogP contribution in [0.15, 0.2) is 22.7 Å². The van der Waals surface area contributed by atoms with E-state index in [0.29, 0.717) is 12.5 Å². The maximum atomic E-state index is 11.6. The standard InChI is InChI=1S/C15H20BrN3O2/c1-10(2)6-17-7-11-3-4-12(16)5-13(11)19-8-14(20)18-15(21)9-19/h3-5,10,17H,6-9H2,1-2H3,(H,18,20,21). The first kappa shape index (κ1) is 16.0. The third-order valence-electron chi connectivity index (χ3n) is 3.20. The summed E-state index contributed by atoms with van der Waals surface area (Å²) in [6, 6.07) is 5.95. The van der Waals surface area contributed by atoms with E-state index in [1.54, 1.807) is 0 Å². The fourth-order valence-electron chi connectivity index (χ4n) is 2.28. The van der Waals surface area contributed by atoms with Gasteiger partial charge in [0.15, 0.2) is 0 Å². The topological polar surface area (TPSA) is 61.4 Å². The average Bonchev–Trinajstić information content (AvgIpc) is 2.39. The molecule has 1 aliphatic heterocycles. The van der Waals surface area contributed by atoms with Gasteiger partial charge in [0.2, 0.25) is 11.8 Å². The Hall–Kier alpha value is -1.40. The maximum Gasteiger partial charge on any atom is 0.246 e. The van der Waals surface area contributed by atoms with Gasteiger partial charge in [0.25, 0.3) is 0 Å². The molecule has 6 heteroatoms. The van der Waals surface area contributed by atoms with E-state index in [9.17, 15) is 9.59 Å². The van der Waals surface area contributed by atoms with Crippen molar-refractivity contribution >= 4 is 33.4 Å². The molecule has 0 unspecified atom stereocenters. The first-order valence-corrected chi connectivity index (χ1v) is 7.82. The van der Waals surface area contributed by atoms with Crippen LogP contribution in [0.1, 0.15) is 19.4 Å². The lowest BCUT2D eigenvalue weighted by atomic mass is 10.1. The fourth-order valence-corrected chi connectivity index (χ4v) is 2.63. The SMILES string of the molecule is CC(C)CNCc1ccc(Br)cc1N1CC(=O)NC(=O)C1. The minimum absolute atomic E-state index is 0.208. The van der Waals surface area contributed by atoms with Crippen molar-refractivity contribution in [3.05, 3.63) is 28.2 Å². The van der Waals surface area contributed by atoms with Gasteiger partial charge in [-0.15, -0.1) is 0 Å². The second-order valence-electron chi connectivity index (χ2n) is 5.63. The molecule has 1 aliphatic rings. The van der Waals surface area contributed by atoms with E-state index < -0.39 is 0 Å². The Kier molecular flexibility index (Phi) is 5.36. The molecule has 0 atom stereocenters. The highest BCUT2D eigenvalue weighted by Gasteiger charge is 2.24. The molecule has 2 amide bonds. The lowest BCUT2D eigenvalue weighted by molar-refractivity contribution is -0.130. The molecule has 5 nitrogen and oxygen atoms in total. The second kappa shape index (κ2) is 7.04. The Balaban J connectivity index is 2.18. The number of carbonyl (C=O) groups excluding carboxylic acids is 2. The number of carbonyl (C=O) groups is 2. The van der Waals surface area contributed by atoms with Crippen molar-refractivity contribution in [1.82, 2.24) is 10.6 Å². The molecule has 114 valence electrons. The number of hydrogen-bond donors (Lipinski definition) is 2. The lowest BCUT2D eigenvalue weighted by Gasteiger charge is -2.29. The van der Waals surface area contributed by atoms with Gasteiger partial charge < -0.3 is 10.2 Å². The molecular weight excluding hydrogens is 334 g/mol. The number of rotatable bonds is 5. The van der Waals surface area contributed by atoms with Gasteiger partial charge in [-0.05, 0) is 30.2 Å². The molecule has 1 heterocycles. The highest BCUT2D eigenvalue weighted by molar-refractivity contribution is 9.10. The van der Waals surface area contributed by atoms with E-state index >= 15 is 0 Å². The minimum Gasteiger partial charge on any atom is -0.353 e. The van der Waals surface area contributed by atoms with Crippen LogP contribution in [0.4, 0.5) is 5.69 Å². The molecule has 1 aromatic carbocycles. The molecule has 21 heavy (non-hydrogen) atoms. The summed E-state index contributed by atoms with van der Waals surface area (Å²) in [5.74, 6) is 0.0610. The van der Waals surface area contributed by atoms with E-state index in [4.69, 9.17) is 0 Å². The van der Waals surface area contributed by atoms with Gasteiger partial charge in [-0.25, -0.2) is 0 Å². The third-order valence-corrected chi connectivity index (χ3v) is 3.70. The van der Waals surface area contributed by atoms with Gasteiger partial charge in [-0.2, -0.15) is 0 Å². The first-order chi connectivity index (χ1) is 9.95. The van der Waals surface area contributed by atoms with Crippen molar-refractivity contribution in [2.75, 3.05) is 24.5 Å². The number of hydrogen-bond acceptors (Lipinski definition) is 4. The van der Waals surface area contributed by atoms with E-state index in [-0.39, 0.29) is 24.9 Å². The van der Waals surface area contributed by atoms with Gasteiger partial charge in [-0.3, -0.25) is 14.9 Å². The van der Waals surface area contributed by atoms with Crippen LogP contribution in [0.2, 0.25) is 0 Å². The molecule has 1 fully saturated rings. The molecule has 2 N–H and O–H groups in total. The summed E-state index contributed by atoms with van der Waals surface area (Å²) in [4.78, 5) is 24.9. The second-order valence-corrected chi connectivity index (χ2v) is 6.54. The number of piperazine rings is 1. The van der Waals surface area contributed by atoms with Crippen molar-refractivity contribution in [2.24, 2.45) is 5.92 Å². The van der Waals surface area contributed by atoms with E-state index in [1.165, 1.54) is 0 Å². The predicted octanol–water partition coefficient (Wildman–Crippen LogP) is 1.66. The van der Waals surface area contributed by atoms with E-state index in [0.717, 1.165) is 22.3 Å². The number of halogens is 1. The summed E-state index contributed by atoms with van der Waals surface area (Å²) in [5.41, 5.74) is 2.00. The maximum absolute atomic E-state index is 11.6. The van der Waals surface area contributed by atoms with Gasteiger partial charge >= 0.3 is 0 Å². The van der Waals surface area contributed by atoms with Crippen molar-refractivity contribution in [2.45, 2.75) is 20.4 Å². The number of anilines is 1. The quantitative estimate of drug-likeness (QED) is 0.790. The molecule has 0 aromatic heterocycles. The average molecular weight is 354 g/mol. The van der Waals surface area contributed by atoms with Crippen molar-refractivity contribution in [3.63, 3.8) is 0 Å². The molecule has 1 saturated heterocycles. The van der Waals surface area contributed by atoms with Gasteiger partial charge in [-0.1, -0.05) is 35.8 Å². The van der Waals surface area contributed by atoms with Crippen LogP contribution < -0.4 is 15.5 Å². The summed E-state index contributed by atoms with van der Waals surface area (Å²) in [5, 5.41) is 5.72. The van der Waals surface area contributed by atoms with Gasteiger partial charge in [0, 0.05) is 16.7 Å².